The number of H-pyrrole nitrogens is 1. The number of aromatic amines is 1. The first-order valence-corrected chi connectivity index (χ1v) is 7.51. The molecule has 24 heavy (non-hydrogen) atoms. The molecule has 0 aliphatic carbocycles. The predicted octanol–water partition coefficient (Wildman–Crippen LogP) is 3.90. The molecular weight excluding hydrogens is 300 g/mol. The maximum Gasteiger partial charge on any atom is 0.266 e. The zero-order valence-corrected chi connectivity index (χ0v) is 13.5. The summed E-state index contributed by atoms with van der Waals surface area (Å²) < 4.78 is 5.19. The first-order chi connectivity index (χ1) is 11.6. The molecule has 3 aromatic rings. The molecule has 0 fully saturated rings. The lowest BCUT2D eigenvalue weighted by Crippen LogP contribution is -2.11. The Labute approximate surface area is 140 Å². The highest BCUT2D eigenvalue weighted by atomic mass is 16.5. The van der Waals surface area contributed by atoms with Crippen molar-refractivity contribution in [2.75, 3.05) is 7.11 Å². The first kappa shape index (κ1) is 15.6. The van der Waals surface area contributed by atoms with Crippen LogP contribution < -0.4 is 10.3 Å². The van der Waals surface area contributed by atoms with E-state index in [0.717, 1.165) is 28.0 Å². The van der Waals surface area contributed by atoms with Crippen molar-refractivity contribution in [1.82, 2.24) is 4.98 Å². The number of benzene rings is 2. The Balaban J connectivity index is 2.23. The number of nitriles is 1. The fourth-order valence-electron chi connectivity index (χ4n) is 2.56. The second-order valence-electron chi connectivity index (χ2n) is 5.51. The highest BCUT2D eigenvalue weighted by Crippen LogP contribution is 2.31. The van der Waals surface area contributed by atoms with E-state index in [1.165, 1.54) is 0 Å². The third-order valence-corrected chi connectivity index (χ3v) is 3.90. The lowest BCUT2D eigenvalue weighted by atomic mass is 9.97. The summed E-state index contributed by atoms with van der Waals surface area (Å²) in [6, 6.07) is 19.0. The Hall–Kier alpha value is -3.32. The van der Waals surface area contributed by atoms with Crippen LogP contribution in [0.3, 0.4) is 0 Å². The molecule has 0 atom stereocenters. The van der Waals surface area contributed by atoms with Crippen LogP contribution in [-0.2, 0) is 0 Å². The molecule has 0 radical (unpaired) electrons. The summed E-state index contributed by atoms with van der Waals surface area (Å²) in [6.07, 6.45) is 0. The van der Waals surface area contributed by atoms with Crippen LogP contribution in [0, 0.1) is 18.3 Å². The van der Waals surface area contributed by atoms with Crippen molar-refractivity contribution in [1.29, 1.82) is 5.26 Å². The third-order valence-electron chi connectivity index (χ3n) is 3.90. The number of pyridine rings is 1. The SMILES string of the molecule is COc1ccc(-c2cc(C#N)c(=O)[nH]c2-c2ccc(C)cc2)cc1. The van der Waals surface area contributed by atoms with E-state index in [2.05, 4.69) is 4.98 Å². The molecule has 0 spiro atoms. The van der Waals surface area contributed by atoms with Crippen LogP contribution in [-0.4, -0.2) is 12.1 Å². The molecule has 0 saturated heterocycles. The number of aryl methyl sites for hydroxylation is 1. The molecule has 3 rings (SSSR count). The summed E-state index contributed by atoms with van der Waals surface area (Å²) in [4.78, 5) is 14.9. The smallest absolute Gasteiger partial charge is 0.266 e. The number of nitrogens with zero attached hydrogens (tertiary/aromatic N) is 1. The molecule has 1 N–H and O–H groups in total. The Kier molecular flexibility index (Phi) is 4.17. The van der Waals surface area contributed by atoms with Crippen molar-refractivity contribution in [3.63, 3.8) is 0 Å². The number of nitrogens with one attached hydrogen (secondary N) is 1. The molecule has 0 bridgehead atoms. The summed E-state index contributed by atoms with van der Waals surface area (Å²) in [5.74, 6) is 0.751. The number of rotatable bonds is 3. The summed E-state index contributed by atoms with van der Waals surface area (Å²) in [6.45, 7) is 2.01. The highest BCUT2D eigenvalue weighted by molar-refractivity contribution is 5.81. The van der Waals surface area contributed by atoms with Crippen LogP contribution in [0.15, 0.2) is 59.4 Å². The van der Waals surface area contributed by atoms with Gasteiger partial charge in [0.15, 0.2) is 0 Å². The van der Waals surface area contributed by atoms with Gasteiger partial charge in [-0.05, 0) is 36.2 Å². The molecule has 4 nitrogen and oxygen atoms in total. The largest absolute Gasteiger partial charge is 0.497 e. The molecule has 1 aromatic heterocycles. The Morgan fingerprint density at radius 2 is 1.62 bits per heavy atom. The van der Waals surface area contributed by atoms with E-state index in [-0.39, 0.29) is 11.1 Å². The molecule has 2 aromatic carbocycles. The first-order valence-electron chi connectivity index (χ1n) is 7.51. The molecule has 4 heteroatoms. The number of hydrogen-bond donors (Lipinski definition) is 1. The van der Waals surface area contributed by atoms with Gasteiger partial charge in [0.25, 0.3) is 5.56 Å². The van der Waals surface area contributed by atoms with Crippen LogP contribution >= 0.6 is 0 Å². The van der Waals surface area contributed by atoms with Crippen LogP contribution in [0.25, 0.3) is 22.4 Å². The average molecular weight is 316 g/mol. The number of hydrogen-bond acceptors (Lipinski definition) is 3. The van der Waals surface area contributed by atoms with E-state index in [4.69, 9.17) is 4.74 Å². The topological polar surface area (TPSA) is 65.9 Å². The van der Waals surface area contributed by atoms with Crippen molar-refractivity contribution >= 4 is 0 Å². The van der Waals surface area contributed by atoms with E-state index in [9.17, 15) is 10.1 Å². The minimum atomic E-state index is -0.384. The van der Waals surface area contributed by atoms with Crippen LogP contribution in [0.5, 0.6) is 5.75 Å². The van der Waals surface area contributed by atoms with E-state index in [1.54, 1.807) is 13.2 Å². The lowest BCUT2D eigenvalue weighted by Gasteiger charge is -2.11. The van der Waals surface area contributed by atoms with Gasteiger partial charge in [-0.1, -0.05) is 42.0 Å². The summed E-state index contributed by atoms with van der Waals surface area (Å²) >= 11 is 0. The molecule has 0 unspecified atom stereocenters. The van der Waals surface area contributed by atoms with Crippen LogP contribution in [0.4, 0.5) is 0 Å². The minimum absolute atomic E-state index is 0.0941. The second kappa shape index (κ2) is 6.43. The van der Waals surface area contributed by atoms with Gasteiger partial charge in [0, 0.05) is 5.56 Å². The number of aromatic nitrogens is 1. The Morgan fingerprint density at radius 1 is 1.00 bits per heavy atom. The molecular formula is C20H16N2O2. The monoisotopic (exact) mass is 316 g/mol. The zero-order chi connectivity index (χ0) is 17.1. The third kappa shape index (κ3) is 2.92. The van der Waals surface area contributed by atoms with E-state index in [1.807, 2.05) is 61.5 Å². The van der Waals surface area contributed by atoms with Gasteiger partial charge < -0.3 is 9.72 Å². The summed E-state index contributed by atoms with van der Waals surface area (Å²) in [5, 5.41) is 9.18. The van der Waals surface area contributed by atoms with Crippen LogP contribution in [0.1, 0.15) is 11.1 Å². The average Bonchev–Trinajstić information content (AvgIpc) is 2.62. The second-order valence-corrected chi connectivity index (χ2v) is 5.51. The maximum atomic E-state index is 12.1. The Bertz CT molecular complexity index is 963. The molecule has 1 heterocycles. The van der Waals surface area contributed by atoms with Gasteiger partial charge in [0.1, 0.15) is 17.4 Å². The fraction of sp³-hybridized carbons (Fsp3) is 0.100. The fourth-order valence-corrected chi connectivity index (χ4v) is 2.56. The lowest BCUT2D eigenvalue weighted by molar-refractivity contribution is 0.415. The number of methoxy groups -OCH3 is 1. The molecule has 0 saturated carbocycles. The Morgan fingerprint density at radius 3 is 2.21 bits per heavy atom. The van der Waals surface area contributed by atoms with Gasteiger partial charge in [0.2, 0.25) is 0 Å². The van der Waals surface area contributed by atoms with E-state index >= 15 is 0 Å². The zero-order valence-electron chi connectivity index (χ0n) is 13.5. The van der Waals surface area contributed by atoms with Crippen molar-refractivity contribution < 1.29 is 4.74 Å². The minimum Gasteiger partial charge on any atom is -0.497 e. The van der Waals surface area contributed by atoms with E-state index in [0.29, 0.717) is 5.69 Å². The molecule has 0 aliphatic heterocycles. The van der Waals surface area contributed by atoms with Gasteiger partial charge in [-0.25, -0.2) is 0 Å². The van der Waals surface area contributed by atoms with E-state index < -0.39 is 0 Å². The van der Waals surface area contributed by atoms with Crippen molar-refractivity contribution in [2.45, 2.75) is 6.92 Å². The molecule has 118 valence electrons. The van der Waals surface area contributed by atoms with Crippen molar-refractivity contribution in [3.05, 3.63) is 76.1 Å². The predicted molar refractivity (Wildman–Crippen MR) is 93.9 cm³/mol. The summed E-state index contributed by atoms with van der Waals surface area (Å²) in [7, 11) is 1.61. The highest BCUT2D eigenvalue weighted by Gasteiger charge is 2.12. The normalized spacial score (nSPS) is 10.2. The summed E-state index contributed by atoms with van der Waals surface area (Å²) in [5.41, 5.74) is 4.15. The van der Waals surface area contributed by atoms with Crippen molar-refractivity contribution in [3.8, 4) is 34.2 Å². The maximum absolute atomic E-state index is 12.1. The standard InChI is InChI=1S/C20H16N2O2/c1-13-3-5-15(6-4-13)19-18(11-16(12-21)20(23)22-19)14-7-9-17(24-2)10-8-14/h3-11H,1-2H3,(H,22,23). The quantitative estimate of drug-likeness (QED) is 0.797. The van der Waals surface area contributed by atoms with Gasteiger partial charge in [-0.2, -0.15) is 5.26 Å². The molecule has 0 aliphatic rings. The van der Waals surface area contributed by atoms with Gasteiger partial charge in [-0.3, -0.25) is 4.79 Å². The van der Waals surface area contributed by atoms with Gasteiger partial charge >= 0.3 is 0 Å². The van der Waals surface area contributed by atoms with Crippen molar-refractivity contribution in [2.24, 2.45) is 0 Å². The van der Waals surface area contributed by atoms with Gasteiger partial charge in [0.05, 0.1) is 12.8 Å². The number of ether oxygens (including phenoxy) is 1. The van der Waals surface area contributed by atoms with Crippen LogP contribution in [0.2, 0.25) is 0 Å². The van der Waals surface area contributed by atoms with Gasteiger partial charge in [-0.15, -0.1) is 0 Å². The molecule has 0 amide bonds.